The summed E-state index contributed by atoms with van der Waals surface area (Å²) in [4.78, 5) is 11.4. The Morgan fingerprint density at radius 2 is 1.67 bits per heavy atom. The third-order valence-corrected chi connectivity index (χ3v) is 3.21. The van der Waals surface area contributed by atoms with Crippen molar-refractivity contribution in [2.24, 2.45) is 5.92 Å². The highest BCUT2D eigenvalue weighted by atomic mass is 16.6. The van der Waals surface area contributed by atoms with E-state index in [0.717, 1.165) is 12.0 Å². The number of hydrogen-bond donors (Lipinski definition) is 1. The zero-order valence-electron chi connectivity index (χ0n) is 14.7. The molecule has 0 radical (unpaired) electrons. The topological polar surface area (TPSA) is 74.2 Å². The number of rotatable bonds is 13. The van der Waals surface area contributed by atoms with Crippen molar-refractivity contribution in [3.8, 4) is 5.75 Å². The molecule has 0 heterocycles. The first-order valence-corrected chi connectivity index (χ1v) is 8.18. The van der Waals surface area contributed by atoms with Crippen molar-refractivity contribution in [1.82, 2.24) is 0 Å². The molecule has 0 unspecified atom stereocenters. The molecule has 136 valence electrons. The van der Waals surface area contributed by atoms with E-state index in [0.29, 0.717) is 51.3 Å². The third kappa shape index (κ3) is 8.29. The van der Waals surface area contributed by atoms with Gasteiger partial charge < -0.3 is 24.1 Å². The van der Waals surface area contributed by atoms with E-state index in [1.807, 2.05) is 6.07 Å². The molecule has 0 amide bonds. The standard InChI is InChI=1S/C18H28O6/c1-14(2)12-15-4-5-17(16(13-15)18(19)20)24-11-10-23-9-8-22-7-6-21-3/h4-5,13-14H,6-12H2,1-3H3,(H,19,20). The van der Waals surface area contributed by atoms with Crippen LogP contribution in [0.5, 0.6) is 5.75 Å². The molecule has 0 atom stereocenters. The quantitative estimate of drug-likeness (QED) is 0.557. The molecule has 0 aliphatic carbocycles. The minimum Gasteiger partial charge on any atom is -0.490 e. The molecule has 0 bridgehead atoms. The van der Waals surface area contributed by atoms with Gasteiger partial charge in [-0.3, -0.25) is 0 Å². The highest BCUT2D eigenvalue weighted by Crippen LogP contribution is 2.22. The first-order valence-electron chi connectivity index (χ1n) is 8.18. The van der Waals surface area contributed by atoms with Gasteiger partial charge in [0.15, 0.2) is 0 Å². The Hall–Kier alpha value is -1.63. The fourth-order valence-corrected chi connectivity index (χ4v) is 2.14. The zero-order valence-corrected chi connectivity index (χ0v) is 14.7. The van der Waals surface area contributed by atoms with Gasteiger partial charge in [0.2, 0.25) is 0 Å². The lowest BCUT2D eigenvalue weighted by atomic mass is 10.0. The number of ether oxygens (including phenoxy) is 4. The van der Waals surface area contributed by atoms with Crippen LogP contribution in [0, 0.1) is 5.92 Å². The predicted octanol–water partition coefficient (Wildman–Crippen LogP) is 2.64. The molecule has 6 heteroatoms. The summed E-state index contributed by atoms with van der Waals surface area (Å²) in [6.07, 6.45) is 0.840. The molecule has 0 aliphatic heterocycles. The lowest BCUT2D eigenvalue weighted by Gasteiger charge is -2.12. The molecule has 0 aromatic heterocycles. The first-order chi connectivity index (χ1) is 11.5. The molecular formula is C18H28O6. The lowest BCUT2D eigenvalue weighted by Crippen LogP contribution is -2.13. The molecule has 0 saturated heterocycles. The molecule has 0 saturated carbocycles. The minimum absolute atomic E-state index is 0.191. The van der Waals surface area contributed by atoms with Crippen molar-refractivity contribution < 1.29 is 28.8 Å². The number of methoxy groups -OCH3 is 1. The molecule has 0 spiro atoms. The normalized spacial score (nSPS) is 11.0. The van der Waals surface area contributed by atoms with Crippen LogP contribution in [0.25, 0.3) is 0 Å². The predicted molar refractivity (Wildman–Crippen MR) is 91.0 cm³/mol. The minimum atomic E-state index is -0.983. The number of carbonyl (C=O) groups is 1. The van der Waals surface area contributed by atoms with E-state index in [1.165, 1.54) is 0 Å². The number of carboxylic acids is 1. The smallest absolute Gasteiger partial charge is 0.339 e. The summed E-state index contributed by atoms with van der Waals surface area (Å²) < 4.78 is 21.0. The summed E-state index contributed by atoms with van der Waals surface area (Å²) in [7, 11) is 1.62. The highest BCUT2D eigenvalue weighted by molar-refractivity contribution is 5.91. The van der Waals surface area contributed by atoms with Crippen LogP contribution in [0.15, 0.2) is 18.2 Å². The van der Waals surface area contributed by atoms with Crippen LogP contribution < -0.4 is 4.74 Å². The van der Waals surface area contributed by atoms with E-state index in [-0.39, 0.29) is 5.56 Å². The molecule has 0 fully saturated rings. The Bertz CT molecular complexity index is 486. The van der Waals surface area contributed by atoms with E-state index in [9.17, 15) is 9.90 Å². The summed E-state index contributed by atoms with van der Waals surface area (Å²) in [6.45, 7) is 6.93. The van der Waals surface area contributed by atoms with Gasteiger partial charge in [-0.2, -0.15) is 0 Å². The second-order valence-corrected chi connectivity index (χ2v) is 5.80. The highest BCUT2D eigenvalue weighted by Gasteiger charge is 2.13. The second kappa shape index (κ2) is 11.8. The van der Waals surface area contributed by atoms with Crippen LogP contribution in [0.1, 0.15) is 29.8 Å². The third-order valence-electron chi connectivity index (χ3n) is 3.21. The van der Waals surface area contributed by atoms with Crippen molar-refractivity contribution >= 4 is 5.97 Å². The SMILES string of the molecule is COCCOCCOCCOc1ccc(CC(C)C)cc1C(=O)O. The van der Waals surface area contributed by atoms with Crippen LogP contribution in [0.3, 0.4) is 0 Å². The van der Waals surface area contributed by atoms with Crippen molar-refractivity contribution in [3.05, 3.63) is 29.3 Å². The van der Waals surface area contributed by atoms with Gasteiger partial charge in [-0.15, -0.1) is 0 Å². The summed E-state index contributed by atoms with van der Waals surface area (Å²) in [5, 5.41) is 9.33. The van der Waals surface area contributed by atoms with Crippen LogP contribution in [0.4, 0.5) is 0 Å². The maximum Gasteiger partial charge on any atom is 0.339 e. The molecular weight excluding hydrogens is 312 g/mol. The molecule has 1 aromatic rings. The maximum atomic E-state index is 11.4. The van der Waals surface area contributed by atoms with Crippen LogP contribution in [0.2, 0.25) is 0 Å². The molecule has 24 heavy (non-hydrogen) atoms. The summed E-state index contributed by atoms with van der Waals surface area (Å²) in [6, 6.07) is 5.31. The summed E-state index contributed by atoms with van der Waals surface area (Å²) in [5.74, 6) is -0.143. The number of hydrogen-bond acceptors (Lipinski definition) is 5. The van der Waals surface area contributed by atoms with Gasteiger partial charge in [0.25, 0.3) is 0 Å². The van der Waals surface area contributed by atoms with Crippen LogP contribution >= 0.6 is 0 Å². The fraction of sp³-hybridized carbons (Fsp3) is 0.611. The van der Waals surface area contributed by atoms with E-state index in [2.05, 4.69) is 13.8 Å². The Morgan fingerprint density at radius 1 is 1.04 bits per heavy atom. The number of benzene rings is 1. The van der Waals surface area contributed by atoms with Gasteiger partial charge in [-0.05, 0) is 30.0 Å². The number of aromatic carboxylic acids is 1. The lowest BCUT2D eigenvalue weighted by molar-refractivity contribution is 0.0178. The van der Waals surface area contributed by atoms with Gasteiger partial charge in [0, 0.05) is 7.11 Å². The van der Waals surface area contributed by atoms with E-state index in [1.54, 1.807) is 19.2 Å². The van der Waals surface area contributed by atoms with Gasteiger partial charge in [-0.1, -0.05) is 19.9 Å². The van der Waals surface area contributed by atoms with Crippen LogP contribution in [-0.4, -0.2) is 57.8 Å². The van der Waals surface area contributed by atoms with E-state index < -0.39 is 5.97 Å². The van der Waals surface area contributed by atoms with Gasteiger partial charge in [-0.25, -0.2) is 4.79 Å². The molecule has 1 N–H and O–H groups in total. The first kappa shape index (κ1) is 20.4. The summed E-state index contributed by atoms with van der Waals surface area (Å²) >= 11 is 0. The van der Waals surface area contributed by atoms with E-state index >= 15 is 0 Å². The van der Waals surface area contributed by atoms with Crippen molar-refractivity contribution in [2.45, 2.75) is 20.3 Å². The molecule has 6 nitrogen and oxygen atoms in total. The second-order valence-electron chi connectivity index (χ2n) is 5.80. The summed E-state index contributed by atoms with van der Waals surface area (Å²) in [5.41, 5.74) is 1.19. The Morgan fingerprint density at radius 3 is 2.25 bits per heavy atom. The molecule has 1 rings (SSSR count). The van der Waals surface area contributed by atoms with E-state index in [4.69, 9.17) is 18.9 Å². The average Bonchev–Trinajstić information content (AvgIpc) is 2.53. The van der Waals surface area contributed by atoms with Crippen LogP contribution in [-0.2, 0) is 20.6 Å². The largest absolute Gasteiger partial charge is 0.490 e. The van der Waals surface area contributed by atoms with Gasteiger partial charge >= 0.3 is 5.97 Å². The number of carboxylic acid groups (broad SMARTS) is 1. The average molecular weight is 340 g/mol. The Labute approximate surface area is 143 Å². The van der Waals surface area contributed by atoms with Gasteiger partial charge in [0.05, 0.1) is 33.0 Å². The van der Waals surface area contributed by atoms with Crippen molar-refractivity contribution in [3.63, 3.8) is 0 Å². The zero-order chi connectivity index (χ0) is 17.8. The Balaban J connectivity index is 2.35. The monoisotopic (exact) mass is 340 g/mol. The molecule has 0 aliphatic rings. The molecule has 1 aromatic carbocycles. The van der Waals surface area contributed by atoms with Gasteiger partial charge in [0.1, 0.15) is 17.9 Å². The van der Waals surface area contributed by atoms with Crippen molar-refractivity contribution in [1.29, 1.82) is 0 Å². The Kier molecular flexibility index (Phi) is 10.1. The maximum absolute atomic E-state index is 11.4. The van der Waals surface area contributed by atoms with Crippen molar-refractivity contribution in [2.75, 3.05) is 46.8 Å². The fourth-order valence-electron chi connectivity index (χ4n) is 2.14.